The molecule has 1 atom stereocenters. The number of aliphatic carboxylic acids is 1. The Morgan fingerprint density at radius 3 is 2.47 bits per heavy atom. The maximum absolute atomic E-state index is 10.7. The number of rotatable bonds is 5. The van der Waals surface area contributed by atoms with E-state index in [4.69, 9.17) is 9.47 Å². The maximum atomic E-state index is 10.7. The average Bonchev–Trinajstić information content (AvgIpc) is 2.42. The normalized spacial score (nSPS) is 11.6. The Kier molecular flexibility index (Phi) is 3.97. The summed E-state index contributed by atoms with van der Waals surface area (Å²) in [5.74, 6) is -0.161. The second kappa shape index (κ2) is 5.86. The van der Waals surface area contributed by atoms with Crippen LogP contribution in [0.4, 0.5) is 0 Å². The minimum atomic E-state index is -1.28. The van der Waals surface area contributed by atoms with Crippen LogP contribution in [0.15, 0.2) is 48.7 Å². The van der Waals surface area contributed by atoms with Gasteiger partial charge in [-0.15, -0.1) is 0 Å². The number of hydrogen-bond acceptors (Lipinski definition) is 5. The Labute approximate surface area is 110 Å². The smallest absolute Gasteiger partial charge is 0.219 e. The highest BCUT2D eigenvalue weighted by molar-refractivity contribution is 5.70. The number of aromatic nitrogens is 1. The van der Waals surface area contributed by atoms with Crippen LogP contribution in [0.1, 0.15) is 6.92 Å². The fourth-order valence-electron chi connectivity index (χ4n) is 1.39. The van der Waals surface area contributed by atoms with Gasteiger partial charge in [-0.25, -0.2) is 4.98 Å². The standard InChI is InChI=1S/C14H13NO4/c1-10(14(16)17)18-11-6-2-3-7-12(11)19-13-8-4-5-9-15-13/h2-10H,1H3,(H,16,17)/p-1. The zero-order chi connectivity index (χ0) is 13.7. The molecule has 0 saturated heterocycles. The van der Waals surface area contributed by atoms with E-state index in [1.807, 2.05) is 0 Å². The van der Waals surface area contributed by atoms with Gasteiger partial charge in [0.1, 0.15) is 6.10 Å². The summed E-state index contributed by atoms with van der Waals surface area (Å²) < 4.78 is 10.8. The number of para-hydroxylation sites is 2. The van der Waals surface area contributed by atoms with Crippen molar-refractivity contribution < 1.29 is 19.4 Å². The lowest BCUT2D eigenvalue weighted by Gasteiger charge is -2.17. The number of benzene rings is 1. The number of nitrogens with zero attached hydrogens (tertiary/aromatic N) is 1. The van der Waals surface area contributed by atoms with Crippen molar-refractivity contribution in [2.45, 2.75) is 13.0 Å². The lowest BCUT2D eigenvalue weighted by Crippen LogP contribution is -2.37. The van der Waals surface area contributed by atoms with Crippen molar-refractivity contribution in [2.24, 2.45) is 0 Å². The molecule has 1 unspecified atom stereocenters. The van der Waals surface area contributed by atoms with Crippen molar-refractivity contribution in [3.63, 3.8) is 0 Å². The summed E-state index contributed by atoms with van der Waals surface area (Å²) in [6.45, 7) is 1.40. The number of hydrogen-bond donors (Lipinski definition) is 0. The van der Waals surface area contributed by atoms with Crippen molar-refractivity contribution >= 4 is 5.97 Å². The number of carboxylic acid groups (broad SMARTS) is 1. The second-order valence-electron chi connectivity index (χ2n) is 3.80. The van der Waals surface area contributed by atoms with Crippen LogP contribution in [-0.4, -0.2) is 17.1 Å². The molecule has 0 saturated carbocycles. The molecule has 0 bridgehead atoms. The highest BCUT2D eigenvalue weighted by Gasteiger charge is 2.10. The third kappa shape index (κ3) is 3.45. The molecular formula is C14H12NO4-. The van der Waals surface area contributed by atoms with E-state index in [1.165, 1.54) is 6.92 Å². The van der Waals surface area contributed by atoms with Crippen LogP contribution in [0.25, 0.3) is 0 Å². The molecule has 2 rings (SSSR count). The van der Waals surface area contributed by atoms with E-state index in [-0.39, 0.29) is 0 Å². The molecule has 0 spiro atoms. The maximum Gasteiger partial charge on any atom is 0.219 e. The van der Waals surface area contributed by atoms with Crippen LogP contribution >= 0.6 is 0 Å². The quantitative estimate of drug-likeness (QED) is 0.810. The third-order valence-corrected chi connectivity index (χ3v) is 2.34. The van der Waals surface area contributed by atoms with E-state index in [9.17, 15) is 9.90 Å². The van der Waals surface area contributed by atoms with Gasteiger partial charge in [-0.1, -0.05) is 18.2 Å². The summed E-state index contributed by atoms with van der Waals surface area (Å²) in [4.78, 5) is 14.7. The van der Waals surface area contributed by atoms with E-state index in [1.54, 1.807) is 48.7 Å². The number of carbonyl (C=O) groups is 1. The summed E-state index contributed by atoms with van der Waals surface area (Å²) in [7, 11) is 0. The first kappa shape index (κ1) is 12.9. The van der Waals surface area contributed by atoms with Crippen LogP contribution in [0, 0.1) is 0 Å². The molecule has 2 aromatic rings. The van der Waals surface area contributed by atoms with Crippen LogP contribution in [-0.2, 0) is 4.79 Å². The number of ether oxygens (including phenoxy) is 2. The van der Waals surface area contributed by atoms with Gasteiger partial charge in [0, 0.05) is 12.3 Å². The molecule has 0 N–H and O–H groups in total. The molecule has 1 aromatic heterocycles. The fourth-order valence-corrected chi connectivity index (χ4v) is 1.39. The zero-order valence-corrected chi connectivity index (χ0v) is 10.3. The van der Waals surface area contributed by atoms with Gasteiger partial charge in [0.15, 0.2) is 11.5 Å². The predicted octanol–water partition coefficient (Wildman–Crippen LogP) is 1.39. The van der Waals surface area contributed by atoms with Gasteiger partial charge in [-0.2, -0.15) is 0 Å². The molecular weight excluding hydrogens is 246 g/mol. The molecule has 1 aromatic carbocycles. The van der Waals surface area contributed by atoms with Gasteiger partial charge in [0.05, 0.1) is 5.97 Å². The van der Waals surface area contributed by atoms with E-state index in [2.05, 4.69) is 4.98 Å². The first-order valence-corrected chi connectivity index (χ1v) is 5.72. The van der Waals surface area contributed by atoms with E-state index < -0.39 is 12.1 Å². The second-order valence-corrected chi connectivity index (χ2v) is 3.80. The van der Waals surface area contributed by atoms with Crippen LogP contribution in [0.2, 0.25) is 0 Å². The number of pyridine rings is 1. The topological polar surface area (TPSA) is 71.5 Å². The van der Waals surface area contributed by atoms with Crippen LogP contribution in [0.5, 0.6) is 17.4 Å². The van der Waals surface area contributed by atoms with Crippen LogP contribution < -0.4 is 14.6 Å². The highest BCUT2D eigenvalue weighted by Crippen LogP contribution is 2.30. The highest BCUT2D eigenvalue weighted by atomic mass is 16.5. The first-order valence-electron chi connectivity index (χ1n) is 5.72. The molecule has 5 heteroatoms. The largest absolute Gasteiger partial charge is 0.546 e. The van der Waals surface area contributed by atoms with Gasteiger partial charge < -0.3 is 19.4 Å². The van der Waals surface area contributed by atoms with E-state index in [0.29, 0.717) is 17.4 Å². The monoisotopic (exact) mass is 258 g/mol. The predicted molar refractivity (Wildman–Crippen MR) is 65.9 cm³/mol. The molecule has 0 aliphatic heterocycles. The summed E-state index contributed by atoms with van der Waals surface area (Å²) >= 11 is 0. The van der Waals surface area contributed by atoms with Crippen molar-refractivity contribution in [1.29, 1.82) is 0 Å². The Bertz CT molecular complexity index is 556. The lowest BCUT2D eigenvalue weighted by atomic mass is 10.3. The Balaban J connectivity index is 2.19. The van der Waals surface area contributed by atoms with Crippen LogP contribution in [0.3, 0.4) is 0 Å². The summed E-state index contributed by atoms with van der Waals surface area (Å²) in [5, 5.41) is 10.7. The van der Waals surface area contributed by atoms with Crippen molar-refractivity contribution in [1.82, 2.24) is 4.98 Å². The summed E-state index contributed by atoms with van der Waals surface area (Å²) in [5.41, 5.74) is 0. The van der Waals surface area contributed by atoms with Crippen molar-refractivity contribution in [3.8, 4) is 17.4 Å². The Morgan fingerprint density at radius 1 is 1.16 bits per heavy atom. The van der Waals surface area contributed by atoms with Crippen molar-refractivity contribution in [2.75, 3.05) is 0 Å². The molecule has 0 aliphatic carbocycles. The van der Waals surface area contributed by atoms with Gasteiger partial charge in [-0.3, -0.25) is 0 Å². The molecule has 0 amide bonds. The Hall–Kier alpha value is -2.56. The molecule has 0 fully saturated rings. The minimum absolute atomic E-state index is 0.324. The van der Waals surface area contributed by atoms with Gasteiger partial charge >= 0.3 is 0 Å². The molecule has 19 heavy (non-hydrogen) atoms. The summed E-state index contributed by atoms with van der Waals surface area (Å²) in [6.07, 6.45) is 0.538. The van der Waals surface area contributed by atoms with Gasteiger partial charge in [0.2, 0.25) is 5.88 Å². The molecule has 1 heterocycles. The van der Waals surface area contributed by atoms with E-state index in [0.717, 1.165) is 0 Å². The number of carbonyl (C=O) groups excluding carboxylic acids is 1. The SMILES string of the molecule is CC(Oc1ccccc1Oc1ccccn1)C(=O)[O-]. The lowest BCUT2D eigenvalue weighted by molar-refractivity contribution is -0.312. The zero-order valence-electron chi connectivity index (χ0n) is 10.3. The molecule has 5 nitrogen and oxygen atoms in total. The van der Waals surface area contributed by atoms with Crippen molar-refractivity contribution in [3.05, 3.63) is 48.7 Å². The molecule has 98 valence electrons. The first-order chi connectivity index (χ1) is 9.16. The number of carboxylic acids is 1. The van der Waals surface area contributed by atoms with Gasteiger partial charge in [-0.05, 0) is 25.1 Å². The molecule has 0 aliphatic rings. The summed E-state index contributed by atoms with van der Waals surface area (Å²) in [6, 6.07) is 12.0. The van der Waals surface area contributed by atoms with Gasteiger partial charge in [0.25, 0.3) is 0 Å². The van der Waals surface area contributed by atoms with E-state index >= 15 is 0 Å². The fraction of sp³-hybridized carbons (Fsp3) is 0.143. The third-order valence-electron chi connectivity index (χ3n) is 2.34. The molecule has 0 radical (unpaired) electrons. The average molecular weight is 258 g/mol. The Morgan fingerprint density at radius 2 is 1.84 bits per heavy atom. The minimum Gasteiger partial charge on any atom is -0.546 e.